The van der Waals surface area contributed by atoms with E-state index in [1.807, 2.05) is 114 Å². The second-order valence-electron chi connectivity index (χ2n) is 21.5. The molecule has 0 aliphatic rings. The van der Waals surface area contributed by atoms with E-state index in [0.29, 0.717) is 28.8 Å². The number of aromatic nitrogens is 5. The molecule has 0 aliphatic heterocycles. The summed E-state index contributed by atoms with van der Waals surface area (Å²) in [4.78, 5) is 19.4. The summed E-state index contributed by atoms with van der Waals surface area (Å²) < 4.78 is 171. The van der Waals surface area contributed by atoms with Gasteiger partial charge in [0.15, 0.2) is 11.6 Å². The van der Waals surface area contributed by atoms with Crippen molar-refractivity contribution in [1.82, 2.24) is 24.9 Å². The smallest absolute Gasteiger partial charge is 0.265 e. The Balaban J connectivity index is 0.000000547. The first-order valence-corrected chi connectivity index (χ1v) is 30.5. The molecule has 0 radical (unpaired) electrons. The minimum absolute atomic E-state index is 0.116. The van der Waals surface area contributed by atoms with Crippen molar-refractivity contribution in [2.45, 2.75) is 96.2 Å². The molecule has 12 aromatic rings. The highest BCUT2D eigenvalue weighted by molar-refractivity contribution is 5.26. The number of aryl methyl sites for hydroxylation is 11. The van der Waals surface area contributed by atoms with E-state index >= 15 is 0 Å². The van der Waals surface area contributed by atoms with Gasteiger partial charge in [0.1, 0.15) is 58.2 Å². The molecule has 0 saturated heterocycles. The molecule has 4 aromatic heterocycles. The van der Waals surface area contributed by atoms with Crippen LogP contribution in [0.5, 0.6) is 0 Å². The summed E-state index contributed by atoms with van der Waals surface area (Å²) in [5.41, 5.74) is 9.14. The minimum atomic E-state index is -4.22. The van der Waals surface area contributed by atoms with Gasteiger partial charge in [-0.1, -0.05) is 114 Å². The molecule has 100 heavy (non-hydrogen) atoms. The summed E-state index contributed by atoms with van der Waals surface area (Å²) in [6.45, 7) is 23.3. The number of halogens is 14. The van der Waals surface area contributed by atoms with E-state index in [9.17, 15) is 61.5 Å². The fourth-order valence-electron chi connectivity index (χ4n) is 6.69. The van der Waals surface area contributed by atoms with E-state index in [0.717, 1.165) is 82.3 Å². The zero-order valence-electron chi connectivity index (χ0n) is 57.8. The number of rotatable bonds is 0. The molecule has 12 rings (SSSR count). The predicted octanol–water partition coefficient (Wildman–Crippen LogP) is 23.8. The Morgan fingerprint density at radius 2 is 0.740 bits per heavy atom. The topological polar surface area (TPSA) is 64.5 Å². The monoisotopic (exact) mass is 1390 g/mol. The summed E-state index contributed by atoms with van der Waals surface area (Å²) in [6.07, 6.45) is 8.20. The SMILES string of the molecule is Cc1c(F)cc(F)cc1F.Cc1cc(F)ccc1F.Cc1ccc(F)c(F)c1.Cc1ccc(F)cc1.Cc1ccc(F)cc1F.Cc1cccc(C(F)(F)F)c1.Cc1cccc(F)c1C.Cc1ccccc1.Cc1ccccn1.Cc1cccnc1.Cc1ccncc1.Cc1ncccn1. The van der Waals surface area contributed by atoms with Gasteiger partial charge in [0.25, 0.3) is 0 Å². The van der Waals surface area contributed by atoms with Crippen molar-refractivity contribution >= 4 is 0 Å². The highest BCUT2D eigenvalue weighted by Crippen LogP contribution is 2.29. The summed E-state index contributed by atoms with van der Waals surface area (Å²) in [5, 5.41) is 0. The molecule has 0 fully saturated rings. The molecule has 4 heterocycles. The van der Waals surface area contributed by atoms with Crippen LogP contribution >= 0.6 is 0 Å². The van der Waals surface area contributed by atoms with Crippen LogP contribution in [0.1, 0.15) is 78.3 Å². The van der Waals surface area contributed by atoms with Crippen LogP contribution in [0, 0.1) is 154 Å². The third-order valence-corrected chi connectivity index (χ3v) is 12.6. The van der Waals surface area contributed by atoms with Gasteiger partial charge in [0.05, 0.1) is 5.56 Å². The standard InChI is InChI=1S/C8H7F3.C8H9F.C7H5F3.3C7H6F2.C7H7F.C7H8.3C6H7N.C5H6N2/c1-6-3-2-4-7(5-6)8(9,10)11;1-6-4-3-5-8(9)7(6)2;1-4-6(9)2-5(8)3-7(4)10;1-5-4-6(8)2-3-7(5)9;1-5-2-3-6(8)4-7(5)9;1-5-2-3-6(8)7(9)4-5;1-6-2-4-7(8)5-3-6;1-7-5-3-2-4-6-7;1-6-2-4-7-5-3-6;1-6-3-2-4-7-5-6;1-6-4-2-3-5-7-6;1-5-6-3-2-4-7-5/h2-5H,1H3;3-5H,1-2H3;2-3H,1H3;3*2-4H,1H3;2-5H,1H3;2-6H,1H3;3*2-5H,1H3;2-4H,1H3. The largest absolute Gasteiger partial charge is 0.416 e. The third kappa shape index (κ3) is 42.1. The molecule has 0 N–H and O–H groups in total. The lowest BCUT2D eigenvalue weighted by Gasteiger charge is -2.05. The summed E-state index contributed by atoms with van der Waals surface area (Å²) in [6, 6.07) is 54.5. The Kier molecular flexibility index (Phi) is 42.7. The molecule has 0 spiro atoms. The van der Waals surface area contributed by atoms with Crippen LogP contribution in [-0.2, 0) is 6.18 Å². The lowest BCUT2D eigenvalue weighted by molar-refractivity contribution is -0.137. The van der Waals surface area contributed by atoms with Gasteiger partial charge in [-0.3, -0.25) is 15.0 Å². The van der Waals surface area contributed by atoms with Crippen molar-refractivity contribution in [3.8, 4) is 0 Å². The van der Waals surface area contributed by atoms with Crippen molar-refractivity contribution < 1.29 is 61.5 Å². The lowest BCUT2D eigenvalue weighted by Crippen LogP contribution is -2.04. The number of hydrogen-bond acceptors (Lipinski definition) is 5. The van der Waals surface area contributed by atoms with Crippen LogP contribution < -0.4 is 0 Å². The van der Waals surface area contributed by atoms with E-state index in [1.165, 1.54) is 73.0 Å². The maximum atomic E-state index is 12.6. The fourth-order valence-corrected chi connectivity index (χ4v) is 6.69. The molecular weight excluding hydrogens is 1310 g/mol. The fraction of sp³-hybridized carbons (Fsp3) is 0.173. The normalized spacial score (nSPS) is 9.55. The molecule has 0 unspecified atom stereocenters. The van der Waals surface area contributed by atoms with Gasteiger partial charge in [-0.25, -0.2) is 58.3 Å². The third-order valence-electron chi connectivity index (χ3n) is 12.6. The highest BCUT2D eigenvalue weighted by atomic mass is 19.4. The predicted molar refractivity (Wildman–Crippen MR) is 372 cm³/mol. The van der Waals surface area contributed by atoms with Gasteiger partial charge in [-0.15, -0.1) is 0 Å². The first-order valence-electron chi connectivity index (χ1n) is 30.5. The summed E-state index contributed by atoms with van der Waals surface area (Å²) >= 11 is 0. The molecule has 8 aromatic carbocycles. The van der Waals surface area contributed by atoms with E-state index in [4.69, 9.17) is 0 Å². The average Bonchev–Trinajstić information content (AvgIpc) is 0.892. The number of nitrogens with zero attached hydrogens (tertiary/aromatic N) is 5. The van der Waals surface area contributed by atoms with Crippen LogP contribution in [0.4, 0.5) is 61.5 Å². The van der Waals surface area contributed by atoms with E-state index < -0.39 is 58.3 Å². The van der Waals surface area contributed by atoms with Crippen LogP contribution in [0.15, 0.2) is 256 Å². The van der Waals surface area contributed by atoms with E-state index in [-0.39, 0.29) is 23.0 Å². The minimum Gasteiger partial charge on any atom is -0.265 e. The molecule has 528 valence electrons. The van der Waals surface area contributed by atoms with Gasteiger partial charge in [-0.05, 0) is 226 Å². The summed E-state index contributed by atoms with van der Waals surface area (Å²) in [5.74, 6) is -5.40. The highest BCUT2D eigenvalue weighted by Gasteiger charge is 2.30. The molecule has 19 heteroatoms. The molecule has 5 nitrogen and oxygen atoms in total. The second kappa shape index (κ2) is 48.9. The van der Waals surface area contributed by atoms with Crippen molar-refractivity contribution in [2.75, 3.05) is 0 Å². The zero-order chi connectivity index (χ0) is 75.2. The van der Waals surface area contributed by atoms with Gasteiger partial charge >= 0.3 is 6.18 Å². The maximum Gasteiger partial charge on any atom is 0.416 e. The summed E-state index contributed by atoms with van der Waals surface area (Å²) in [7, 11) is 0. The van der Waals surface area contributed by atoms with Crippen LogP contribution in [0.2, 0.25) is 0 Å². The quantitative estimate of drug-likeness (QED) is 0.142. The van der Waals surface area contributed by atoms with E-state index in [2.05, 4.69) is 44.0 Å². The Morgan fingerprint density at radius 1 is 0.250 bits per heavy atom. The van der Waals surface area contributed by atoms with Crippen molar-refractivity contribution in [1.29, 1.82) is 0 Å². The molecule has 0 amide bonds. The van der Waals surface area contributed by atoms with Gasteiger partial charge in [0, 0.05) is 72.8 Å². The Morgan fingerprint density at radius 3 is 1.11 bits per heavy atom. The Bertz CT molecular complexity index is 3750. The van der Waals surface area contributed by atoms with Crippen LogP contribution in [0.3, 0.4) is 0 Å². The lowest BCUT2D eigenvalue weighted by atomic mass is 10.1. The number of alkyl halides is 3. The second-order valence-corrected chi connectivity index (χ2v) is 21.5. The molecule has 0 atom stereocenters. The Labute approximate surface area is 578 Å². The first kappa shape index (κ1) is 87.3. The van der Waals surface area contributed by atoms with Gasteiger partial charge in [-0.2, -0.15) is 13.2 Å². The number of benzene rings is 8. The van der Waals surface area contributed by atoms with Crippen molar-refractivity contribution in [3.63, 3.8) is 0 Å². The first-order chi connectivity index (χ1) is 47.2. The molecule has 0 aliphatic carbocycles. The Hall–Kier alpha value is -10.7. The van der Waals surface area contributed by atoms with Gasteiger partial charge in [0.2, 0.25) is 0 Å². The van der Waals surface area contributed by atoms with Crippen molar-refractivity contribution in [3.05, 3.63) is 398 Å². The van der Waals surface area contributed by atoms with Crippen LogP contribution in [0.25, 0.3) is 0 Å². The zero-order valence-corrected chi connectivity index (χ0v) is 57.8. The van der Waals surface area contributed by atoms with Gasteiger partial charge < -0.3 is 0 Å². The van der Waals surface area contributed by atoms with Crippen molar-refractivity contribution in [2.24, 2.45) is 0 Å². The maximum absolute atomic E-state index is 12.6. The number of pyridine rings is 3. The molecule has 0 saturated carbocycles. The molecular formula is C81H81F14N5. The average molecular weight is 1390 g/mol. The number of hydrogen-bond donors (Lipinski definition) is 0. The van der Waals surface area contributed by atoms with Crippen LogP contribution in [-0.4, -0.2) is 24.9 Å². The van der Waals surface area contributed by atoms with E-state index in [1.54, 1.807) is 95.2 Å². The molecule has 0 bridgehead atoms.